The molecule has 1 fully saturated rings. The Morgan fingerprint density at radius 3 is 2.42 bits per heavy atom. The molecule has 1 saturated heterocycles. The molecular weight excluding hydrogens is 262 g/mol. The number of hydrogen-bond donors (Lipinski definition) is 1. The van der Waals surface area contributed by atoms with Crippen molar-refractivity contribution >= 4 is 0 Å². The third-order valence-corrected chi connectivity index (χ3v) is 3.27. The summed E-state index contributed by atoms with van der Waals surface area (Å²) in [5, 5.41) is 3.15. The highest BCUT2D eigenvalue weighted by Crippen LogP contribution is 2.35. The molecule has 0 aromatic heterocycles. The summed E-state index contributed by atoms with van der Waals surface area (Å²) in [5.74, 6) is -1.23. The van der Waals surface area contributed by atoms with Crippen molar-refractivity contribution in [2.45, 2.75) is 31.5 Å². The molecule has 2 nitrogen and oxygen atoms in total. The van der Waals surface area contributed by atoms with Crippen LogP contribution >= 0.6 is 0 Å². The number of hydrogen-bond acceptors (Lipinski definition) is 2. The van der Waals surface area contributed by atoms with E-state index in [0.717, 1.165) is 25.2 Å². The molecule has 0 amide bonds. The minimum Gasteiger partial charge on any atom is -0.487 e. The molecule has 2 rings (SSSR count). The molecule has 106 valence electrons. The molecule has 1 aliphatic heterocycles. The Morgan fingerprint density at radius 1 is 1.21 bits per heavy atom. The van der Waals surface area contributed by atoms with Gasteiger partial charge in [0, 0.05) is 0 Å². The first-order valence-electron chi connectivity index (χ1n) is 6.07. The van der Waals surface area contributed by atoms with Crippen molar-refractivity contribution in [2.75, 3.05) is 13.1 Å². The Balaban J connectivity index is 2.21. The number of rotatable bonds is 2. The fraction of sp³-hybridized carbons (Fsp3) is 0.538. The van der Waals surface area contributed by atoms with E-state index < -0.39 is 23.2 Å². The molecule has 6 heteroatoms. The van der Waals surface area contributed by atoms with Gasteiger partial charge in [-0.25, -0.2) is 4.39 Å². The Morgan fingerprint density at radius 2 is 1.84 bits per heavy atom. The van der Waals surface area contributed by atoms with Gasteiger partial charge in [-0.3, -0.25) is 0 Å². The third kappa shape index (κ3) is 3.37. The van der Waals surface area contributed by atoms with E-state index in [-0.39, 0.29) is 5.75 Å². The SMILES string of the molecule is CC1(Oc2ccc(F)c(C(F)(F)F)c2)CCNCC1. The number of nitrogens with one attached hydrogen (secondary N) is 1. The van der Waals surface area contributed by atoms with Crippen molar-refractivity contribution in [3.05, 3.63) is 29.6 Å². The predicted octanol–water partition coefficient (Wildman–Crippen LogP) is 3.37. The van der Waals surface area contributed by atoms with Crippen molar-refractivity contribution in [1.82, 2.24) is 5.32 Å². The molecule has 1 aliphatic rings. The average Bonchev–Trinajstić information content (AvgIpc) is 2.31. The van der Waals surface area contributed by atoms with Crippen molar-refractivity contribution in [3.63, 3.8) is 0 Å². The van der Waals surface area contributed by atoms with E-state index in [1.807, 2.05) is 6.92 Å². The Labute approximate surface area is 108 Å². The summed E-state index contributed by atoms with van der Waals surface area (Å²) in [7, 11) is 0. The zero-order valence-corrected chi connectivity index (χ0v) is 10.5. The van der Waals surface area contributed by atoms with Gasteiger partial charge in [-0.15, -0.1) is 0 Å². The lowest BCUT2D eigenvalue weighted by atomic mass is 9.94. The van der Waals surface area contributed by atoms with Crippen molar-refractivity contribution < 1.29 is 22.3 Å². The van der Waals surface area contributed by atoms with Crippen LogP contribution in [-0.4, -0.2) is 18.7 Å². The summed E-state index contributed by atoms with van der Waals surface area (Å²) < 4.78 is 56.6. The maximum atomic E-state index is 13.2. The van der Waals surface area contributed by atoms with Crippen molar-refractivity contribution in [2.24, 2.45) is 0 Å². The molecular formula is C13H15F4NO. The zero-order chi connectivity index (χ0) is 14.1. The normalized spacial score (nSPS) is 19.2. The van der Waals surface area contributed by atoms with Gasteiger partial charge < -0.3 is 10.1 Å². The molecule has 0 bridgehead atoms. The third-order valence-electron chi connectivity index (χ3n) is 3.27. The van der Waals surface area contributed by atoms with Crippen LogP contribution in [0.5, 0.6) is 5.75 Å². The molecule has 0 atom stereocenters. The second kappa shape index (κ2) is 5.00. The summed E-state index contributed by atoms with van der Waals surface area (Å²) in [6.07, 6.45) is -3.31. The molecule has 0 spiro atoms. The Bertz CT molecular complexity index is 452. The molecule has 1 N–H and O–H groups in total. The van der Waals surface area contributed by atoms with Gasteiger partial charge in [0.05, 0.1) is 5.56 Å². The van der Waals surface area contributed by atoms with Crippen LogP contribution in [0.1, 0.15) is 25.3 Å². The largest absolute Gasteiger partial charge is 0.487 e. The van der Waals surface area contributed by atoms with Gasteiger partial charge in [-0.05, 0) is 51.1 Å². The second-order valence-corrected chi connectivity index (χ2v) is 4.94. The first kappa shape index (κ1) is 14.1. The van der Waals surface area contributed by atoms with Crippen LogP contribution in [0.2, 0.25) is 0 Å². The summed E-state index contributed by atoms with van der Waals surface area (Å²) in [4.78, 5) is 0. The first-order valence-corrected chi connectivity index (χ1v) is 6.07. The van der Waals surface area contributed by atoms with Crippen molar-refractivity contribution in [3.8, 4) is 5.75 Å². The molecule has 1 aromatic carbocycles. The monoisotopic (exact) mass is 277 g/mol. The maximum Gasteiger partial charge on any atom is 0.419 e. The number of alkyl halides is 3. The standard InChI is InChI=1S/C13H15F4NO/c1-12(4-6-18-7-5-12)19-9-2-3-11(14)10(8-9)13(15,16)17/h2-3,8,18H,4-7H2,1H3. The molecule has 1 aromatic rings. The van der Waals surface area contributed by atoms with E-state index in [1.165, 1.54) is 6.07 Å². The number of piperidine rings is 1. The predicted molar refractivity (Wildman–Crippen MR) is 62.5 cm³/mol. The molecule has 1 heterocycles. The van der Waals surface area contributed by atoms with E-state index in [9.17, 15) is 17.6 Å². The second-order valence-electron chi connectivity index (χ2n) is 4.94. The quantitative estimate of drug-likeness (QED) is 0.837. The lowest BCUT2D eigenvalue weighted by Crippen LogP contribution is -2.43. The van der Waals surface area contributed by atoms with Crippen LogP contribution in [-0.2, 0) is 6.18 Å². The van der Waals surface area contributed by atoms with Crippen LogP contribution in [0.15, 0.2) is 18.2 Å². The first-order chi connectivity index (χ1) is 8.80. The Hall–Kier alpha value is -1.30. The minimum atomic E-state index is -4.71. The van der Waals surface area contributed by atoms with E-state index >= 15 is 0 Å². The van der Waals surface area contributed by atoms with Gasteiger partial charge in [0.2, 0.25) is 0 Å². The lowest BCUT2D eigenvalue weighted by Gasteiger charge is -2.34. The topological polar surface area (TPSA) is 21.3 Å². The highest BCUT2D eigenvalue weighted by Gasteiger charge is 2.35. The smallest absolute Gasteiger partial charge is 0.419 e. The summed E-state index contributed by atoms with van der Waals surface area (Å²) in [6, 6.07) is 2.75. The van der Waals surface area contributed by atoms with Crippen molar-refractivity contribution in [1.29, 1.82) is 0 Å². The van der Waals surface area contributed by atoms with Gasteiger partial charge in [-0.1, -0.05) is 0 Å². The Kier molecular flexibility index (Phi) is 3.71. The van der Waals surface area contributed by atoms with Gasteiger partial charge in [0.15, 0.2) is 0 Å². The van der Waals surface area contributed by atoms with Crippen LogP contribution < -0.4 is 10.1 Å². The highest BCUT2D eigenvalue weighted by atomic mass is 19.4. The fourth-order valence-corrected chi connectivity index (χ4v) is 2.13. The molecule has 0 unspecified atom stereocenters. The van der Waals surface area contributed by atoms with Gasteiger partial charge in [0.1, 0.15) is 17.2 Å². The zero-order valence-electron chi connectivity index (χ0n) is 10.5. The maximum absolute atomic E-state index is 13.2. The summed E-state index contributed by atoms with van der Waals surface area (Å²) in [5.41, 5.74) is -1.80. The van der Waals surface area contributed by atoms with E-state index in [4.69, 9.17) is 4.74 Å². The summed E-state index contributed by atoms with van der Waals surface area (Å²) in [6.45, 7) is 3.36. The lowest BCUT2D eigenvalue weighted by molar-refractivity contribution is -0.140. The average molecular weight is 277 g/mol. The van der Waals surface area contributed by atoms with Crippen LogP contribution in [0.3, 0.4) is 0 Å². The van der Waals surface area contributed by atoms with Crippen LogP contribution in [0.4, 0.5) is 17.6 Å². The highest BCUT2D eigenvalue weighted by molar-refractivity contribution is 5.32. The van der Waals surface area contributed by atoms with Gasteiger partial charge in [0.25, 0.3) is 0 Å². The van der Waals surface area contributed by atoms with Crippen LogP contribution in [0.25, 0.3) is 0 Å². The number of benzene rings is 1. The van der Waals surface area contributed by atoms with E-state index in [0.29, 0.717) is 12.8 Å². The van der Waals surface area contributed by atoms with Gasteiger partial charge in [-0.2, -0.15) is 13.2 Å². The fourth-order valence-electron chi connectivity index (χ4n) is 2.13. The summed E-state index contributed by atoms with van der Waals surface area (Å²) >= 11 is 0. The van der Waals surface area contributed by atoms with Gasteiger partial charge >= 0.3 is 6.18 Å². The molecule has 0 aliphatic carbocycles. The van der Waals surface area contributed by atoms with E-state index in [1.54, 1.807) is 0 Å². The van der Waals surface area contributed by atoms with Crippen LogP contribution in [0, 0.1) is 5.82 Å². The molecule has 0 radical (unpaired) electrons. The minimum absolute atomic E-state index is 0.0538. The number of halogens is 4. The van der Waals surface area contributed by atoms with E-state index in [2.05, 4.69) is 5.32 Å². The molecule has 19 heavy (non-hydrogen) atoms. The number of ether oxygens (including phenoxy) is 1. The molecule has 0 saturated carbocycles.